The molecule has 3 atom stereocenters. The smallest absolute Gasteiger partial charge is 0.00388 e. The van der Waals surface area contributed by atoms with Crippen molar-refractivity contribution < 1.29 is 0 Å². The lowest BCUT2D eigenvalue weighted by atomic mass is 9.93. The van der Waals surface area contributed by atoms with Crippen LogP contribution in [-0.4, -0.2) is 24.0 Å². The number of rotatable bonds is 2. The lowest BCUT2D eigenvalue weighted by Gasteiger charge is -2.23. The summed E-state index contributed by atoms with van der Waals surface area (Å²) in [6, 6.07) is 0.762. The Labute approximate surface area is 88.9 Å². The molecule has 1 aliphatic carbocycles. The van der Waals surface area contributed by atoms with Crippen LogP contribution in [0.15, 0.2) is 0 Å². The summed E-state index contributed by atoms with van der Waals surface area (Å²) in [6.07, 6.45) is 3.01. The van der Waals surface area contributed by atoms with Crippen molar-refractivity contribution in [2.45, 2.75) is 46.6 Å². The molecule has 1 heteroatoms. The van der Waals surface area contributed by atoms with Crippen molar-refractivity contribution in [3.8, 4) is 0 Å². The first-order valence-corrected chi connectivity index (χ1v) is 6.32. The summed E-state index contributed by atoms with van der Waals surface area (Å²) >= 11 is 0. The van der Waals surface area contributed by atoms with E-state index in [2.05, 4.69) is 32.6 Å². The van der Waals surface area contributed by atoms with Crippen LogP contribution in [0.1, 0.15) is 40.5 Å². The Hall–Kier alpha value is -0.0400. The van der Waals surface area contributed by atoms with Crippen LogP contribution < -0.4 is 0 Å². The Balaban J connectivity index is 1.90. The second-order valence-corrected chi connectivity index (χ2v) is 6.04. The minimum absolute atomic E-state index is 0.762. The van der Waals surface area contributed by atoms with E-state index in [4.69, 9.17) is 0 Å². The van der Waals surface area contributed by atoms with Crippen LogP contribution in [0.5, 0.6) is 0 Å². The van der Waals surface area contributed by atoms with Crippen LogP contribution in [0.3, 0.4) is 0 Å². The Morgan fingerprint density at radius 1 is 0.929 bits per heavy atom. The van der Waals surface area contributed by atoms with Gasteiger partial charge in [-0.3, -0.25) is 0 Å². The summed E-state index contributed by atoms with van der Waals surface area (Å²) in [7, 11) is 0. The third kappa shape index (κ3) is 1.84. The number of hydrogen-bond acceptors (Lipinski definition) is 1. The molecule has 0 aromatic rings. The third-order valence-corrected chi connectivity index (χ3v) is 4.49. The molecule has 0 aromatic carbocycles. The van der Waals surface area contributed by atoms with Gasteiger partial charge in [0.25, 0.3) is 0 Å². The summed E-state index contributed by atoms with van der Waals surface area (Å²) in [6.45, 7) is 12.2. The second kappa shape index (κ2) is 3.84. The zero-order valence-corrected chi connectivity index (χ0v) is 10.2. The van der Waals surface area contributed by atoms with Gasteiger partial charge in [-0.1, -0.05) is 13.8 Å². The molecular weight excluding hydrogens is 170 g/mol. The molecule has 0 radical (unpaired) electrons. The van der Waals surface area contributed by atoms with Crippen molar-refractivity contribution in [2.24, 2.45) is 23.7 Å². The number of nitrogens with zero attached hydrogens (tertiary/aromatic N) is 1. The highest BCUT2D eigenvalue weighted by Gasteiger charge is 2.41. The maximum atomic E-state index is 2.67. The van der Waals surface area contributed by atoms with Gasteiger partial charge in [-0.15, -0.1) is 0 Å². The molecule has 1 saturated heterocycles. The van der Waals surface area contributed by atoms with Gasteiger partial charge in [0.2, 0.25) is 0 Å². The quantitative estimate of drug-likeness (QED) is 0.654. The topological polar surface area (TPSA) is 3.24 Å². The molecule has 82 valence electrons. The van der Waals surface area contributed by atoms with Crippen LogP contribution >= 0.6 is 0 Å². The zero-order chi connectivity index (χ0) is 10.3. The van der Waals surface area contributed by atoms with Gasteiger partial charge >= 0.3 is 0 Å². The van der Waals surface area contributed by atoms with Crippen molar-refractivity contribution in [3.63, 3.8) is 0 Å². The second-order valence-electron chi connectivity index (χ2n) is 6.04. The average Bonchev–Trinajstić information content (AvgIpc) is 2.57. The maximum absolute atomic E-state index is 2.67. The third-order valence-electron chi connectivity index (χ3n) is 4.49. The highest BCUT2D eigenvalue weighted by Crippen LogP contribution is 2.44. The summed E-state index contributed by atoms with van der Waals surface area (Å²) < 4.78 is 0. The van der Waals surface area contributed by atoms with Crippen LogP contribution in [0.25, 0.3) is 0 Å². The first kappa shape index (κ1) is 10.5. The number of likely N-dealkylation sites (tertiary alicyclic amines) is 1. The van der Waals surface area contributed by atoms with Gasteiger partial charge in [0.15, 0.2) is 0 Å². The van der Waals surface area contributed by atoms with E-state index in [1.807, 2.05) is 0 Å². The number of hydrogen-bond donors (Lipinski definition) is 0. The first-order valence-electron chi connectivity index (χ1n) is 6.32. The van der Waals surface area contributed by atoms with E-state index in [0.29, 0.717) is 0 Å². The van der Waals surface area contributed by atoms with Crippen molar-refractivity contribution in [1.82, 2.24) is 4.90 Å². The number of fused-ring (bicyclic) bond motifs is 1. The summed E-state index contributed by atoms with van der Waals surface area (Å²) in [5.74, 6) is 4.00. The molecule has 1 nitrogen and oxygen atoms in total. The normalized spacial score (nSPS) is 38.6. The van der Waals surface area contributed by atoms with E-state index < -0.39 is 0 Å². The molecule has 1 aliphatic heterocycles. The fraction of sp³-hybridized carbons (Fsp3) is 1.00. The molecule has 1 saturated carbocycles. The predicted octanol–water partition coefficient (Wildman–Crippen LogP) is 3.01. The lowest BCUT2D eigenvalue weighted by molar-refractivity contribution is 0.236. The molecule has 0 amide bonds. The zero-order valence-electron chi connectivity index (χ0n) is 10.2. The highest BCUT2D eigenvalue weighted by molar-refractivity contribution is 4.93. The molecule has 1 unspecified atom stereocenters. The highest BCUT2D eigenvalue weighted by atomic mass is 15.2. The Bertz CT molecular complexity index is 163. The largest absolute Gasteiger partial charge is 0.300 e. The fourth-order valence-electron chi connectivity index (χ4n) is 3.35. The van der Waals surface area contributed by atoms with Gasteiger partial charge in [0.1, 0.15) is 0 Å². The van der Waals surface area contributed by atoms with Crippen LogP contribution in [0.2, 0.25) is 0 Å². The summed E-state index contributed by atoms with van der Waals surface area (Å²) in [4.78, 5) is 2.67. The SMILES string of the molecule is CC(C)C1C[C@@H]2CN(C(C)C)C[C@@H]2C1. The molecule has 2 fully saturated rings. The van der Waals surface area contributed by atoms with E-state index in [0.717, 1.165) is 29.7 Å². The Morgan fingerprint density at radius 2 is 1.43 bits per heavy atom. The Kier molecular flexibility index (Phi) is 2.88. The van der Waals surface area contributed by atoms with E-state index in [1.54, 1.807) is 0 Å². The fourth-order valence-corrected chi connectivity index (χ4v) is 3.35. The molecule has 1 heterocycles. The molecule has 0 spiro atoms. The van der Waals surface area contributed by atoms with E-state index in [-0.39, 0.29) is 0 Å². The maximum Gasteiger partial charge on any atom is 0.00388 e. The van der Waals surface area contributed by atoms with Gasteiger partial charge in [-0.25, -0.2) is 0 Å². The van der Waals surface area contributed by atoms with Crippen LogP contribution in [0, 0.1) is 23.7 Å². The van der Waals surface area contributed by atoms with Crippen LogP contribution in [0.4, 0.5) is 0 Å². The molecule has 2 aliphatic rings. The molecule has 0 bridgehead atoms. The van der Waals surface area contributed by atoms with Crippen LogP contribution in [-0.2, 0) is 0 Å². The monoisotopic (exact) mass is 195 g/mol. The van der Waals surface area contributed by atoms with Gasteiger partial charge in [-0.2, -0.15) is 0 Å². The summed E-state index contributed by atoms with van der Waals surface area (Å²) in [5, 5.41) is 0. The van der Waals surface area contributed by atoms with Gasteiger partial charge in [0, 0.05) is 19.1 Å². The van der Waals surface area contributed by atoms with E-state index in [1.165, 1.54) is 25.9 Å². The minimum atomic E-state index is 0.762. The van der Waals surface area contributed by atoms with Crippen molar-refractivity contribution >= 4 is 0 Å². The minimum Gasteiger partial charge on any atom is -0.300 e. The van der Waals surface area contributed by atoms with Gasteiger partial charge < -0.3 is 4.90 Å². The molecular formula is C13H25N. The average molecular weight is 195 g/mol. The molecule has 0 N–H and O–H groups in total. The van der Waals surface area contributed by atoms with Crippen molar-refractivity contribution in [2.75, 3.05) is 13.1 Å². The first-order chi connectivity index (χ1) is 6.58. The lowest BCUT2D eigenvalue weighted by Crippen LogP contribution is -2.29. The van der Waals surface area contributed by atoms with E-state index >= 15 is 0 Å². The van der Waals surface area contributed by atoms with E-state index in [9.17, 15) is 0 Å². The molecule has 14 heavy (non-hydrogen) atoms. The van der Waals surface area contributed by atoms with Gasteiger partial charge in [-0.05, 0) is 50.4 Å². The Morgan fingerprint density at radius 3 is 1.79 bits per heavy atom. The van der Waals surface area contributed by atoms with Gasteiger partial charge in [0.05, 0.1) is 0 Å². The molecule has 0 aromatic heterocycles. The van der Waals surface area contributed by atoms with Crippen molar-refractivity contribution in [1.29, 1.82) is 0 Å². The summed E-state index contributed by atoms with van der Waals surface area (Å²) in [5.41, 5.74) is 0. The van der Waals surface area contributed by atoms with Crippen molar-refractivity contribution in [3.05, 3.63) is 0 Å². The predicted molar refractivity (Wildman–Crippen MR) is 61.3 cm³/mol. The standard InChI is InChI=1S/C13H25N/c1-9(2)11-5-12-7-14(10(3)4)8-13(12)6-11/h9-13H,5-8H2,1-4H3/t11?,12-,13+. The molecule has 2 rings (SSSR count).